The Kier molecular flexibility index (Phi) is 7.00. The van der Waals surface area contributed by atoms with Gasteiger partial charge in [-0.05, 0) is 18.4 Å². The number of hydrogen-bond donors (Lipinski definition) is 5. The van der Waals surface area contributed by atoms with Crippen LogP contribution in [0.3, 0.4) is 0 Å². The smallest absolute Gasteiger partial charge is 0.383 e. The molecule has 2 aliphatic heterocycles. The molecular weight excluding hydrogens is 664 g/mol. The number of imidazole rings is 1. The summed E-state index contributed by atoms with van der Waals surface area (Å²) in [5, 5.41) is 0.643. The van der Waals surface area contributed by atoms with E-state index in [9.17, 15) is 23.7 Å². The van der Waals surface area contributed by atoms with Crippen LogP contribution >= 0.6 is 15.6 Å². The molecule has 47 heavy (non-hydrogen) atoms. The average Bonchev–Trinajstić information content (AvgIpc) is 3.30. The van der Waals surface area contributed by atoms with Crippen LogP contribution in [-0.2, 0) is 36.7 Å². The highest BCUT2D eigenvalue weighted by atomic mass is 31.2. The van der Waals surface area contributed by atoms with Crippen molar-refractivity contribution < 1.29 is 46.5 Å². The van der Waals surface area contributed by atoms with Gasteiger partial charge in [0.1, 0.15) is 36.1 Å². The number of ether oxygens (including phenoxy) is 2. The van der Waals surface area contributed by atoms with Gasteiger partial charge in [0.2, 0.25) is 5.95 Å². The van der Waals surface area contributed by atoms with Crippen LogP contribution in [0, 0.1) is 17.3 Å². The molecule has 0 amide bonds. The largest absolute Gasteiger partial charge is 0.472 e. The van der Waals surface area contributed by atoms with Crippen molar-refractivity contribution in [1.82, 2.24) is 34.1 Å². The molecule has 0 aromatic carbocycles. The van der Waals surface area contributed by atoms with Gasteiger partial charge in [0.05, 0.1) is 31.0 Å². The van der Waals surface area contributed by atoms with Crippen LogP contribution in [0.1, 0.15) is 25.6 Å². The molecule has 20 nitrogen and oxygen atoms in total. The molecular formula is C25H31N9O11P2. The van der Waals surface area contributed by atoms with Gasteiger partial charge < -0.3 is 35.3 Å². The monoisotopic (exact) mass is 695 g/mol. The third-order valence-corrected chi connectivity index (χ3v) is 11.7. The van der Waals surface area contributed by atoms with E-state index in [4.69, 9.17) is 39.0 Å². The minimum Gasteiger partial charge on any atom is -0.383 e. The Balaban J connectivity index is 1.15. The number of phosphoric ester groups is 2. The van der Waals surface area contributed by atoms with Crippen molar-refractivity contribution in [3.63, 3.8) is 0 Å². The molecule has 0 radical (unpaired) electrons. The number of nitrogens with one attached hydrogen (secondary N) is 1. The summed E-state index contributed by atoms with van der Waals surface area (Å²) < 4.78 is 64.8. The molecule has 252 valence electrons. The number of methoxy groups -OCH3 is 1. The van der Waals surface area contributed by atoms with Crippen LogP contribution in [0.25, 0.3) is 22.2 Å². The van der Waals surface area contributed by atoms with Crippen molar-refractivity contribution in [3.05, 3.63) is 35.3 Å². The Morgan fingerprint density at radius 1 is 1.11 bits per heavy atom. The van der Waals surface area contributed by atoms with Gasteiger partial charge in [0.25, 0.3) is 5.56 Å². The van der Waals surface area contributed by atoms with E-state index >= 15 is 0 Å². The first-order valence-electron chi connectivity index (χ1n) is 14.6. The van der Waals surface area contributed by atoms with E-state index in [0.29, 0.717) is 23.3 Å². The molecule has 11 atom stereocenters. The van der Waals surface area contributed by atoms with Crippen LogP contribution in [0.2, 0.25) is 0 Å². The molecule has 2 unspecified atom stereocenters. The van der Waals surface area contributed by atoms with Crippen molar-refractivity contribution >= 4 is 49.6 Å². The van der Waals surface area contributed by atoms with E-state index in [0.717, 1.165) is 0 Å². The molecule has 22 heteroatoms. The van der Waals surface area contributed by atoms with Crippen molar-refractivity contribution in [3.8, 4) is 0 Å². The van der Waals surface area contributed by atoms with Gasteiger partial charge in [0, 0.05) is 30.7 Å². The summed E-state index contributed by atoms with van der Waals surface area (Å²) in [4.78, 5) is 53.5. The second-order valence-corrected chi connectivity index (χ2v) is 15.1. The van der Waals surface area contributed by atoms with Gasteiger partial charge in [-0.2, -0.15) is 4.98 Å². The van der Waals surface area contributed by atoms with Gasteiger partial charge in [-0.15, -0.1) is 0 Å². The fourth-order valence-electron chi connectivity index (χ4n) is 7.66. The lowest BCUT2D eigenvalue weighted by molar-refractivity contribution is -0.0610. The van der Waals surface area contributed by atoms with E-state index in [-0.39, 0.29) is 35.7 Å². The Morgan fingerprint density at radius 3 is 2.68 bits per heavy atom. The molecule has 4 aromatic heterocycles. The molecule has 4 aromatic rings. The van der Waals surface area contributed by atoms with Crippen LogP contribution in [-0.4, -0.2) is 88.6 Å². The predicted octanol–water partition coefficient (Wildman–Crippen LogP) is 0.856. The molecule has 2 saturated carbocycles. The second-order valence-electron chi connectivity index (χ2n) is 12.3. The van der Waals surface area contributed by atoms with Gasteiger partial charge in [0.15, 0.2) is 17.4 Å². The normalized spacial score (nSPS) is 40.4. The summed E-state index contributed by atoms with van der Waals surface area (Å²) in [5.41, 5.74) is 10.7. The molecule has 8 rings (SSSR count). The number of anilines is 2. The van der Waals surface area contributed by atoms with Crippen molar-refractivity contribution in [2.24, 2.45) is 17.3 Å². The Bertz CT molecular complexity index is 2050. The number of phosphoric acid groups is 2. The minimum absolute atomic E-state index is 0.00894. The molecule has 2 saturated heterocycles. The Morgan fingerprint density at radius 2 is 1.89 bits per heavy atom. The number of nitrogens with zero attached hydrogens (tertiary/aromatic N) is 6. The summed E-state index contributed by atoms with van der Waals surface area (Å²) in [6.45, 7) is 0.958. The number of hydrogen-bond acceptors (Lipinski definition) is 15. The van der Waals surface area contributed by atoms with Crippen molar-refractivity contribution in [2.45, 2.75) is 50.0 Å². The van der Waals surface area contributed by atoms with Crippen LogP contribution in [0.4, 0.5) is 11.8 Å². The minimum atomic E-state index is -4.89. The lowest BCUT2D eigenvalue weighted by atomic mass is 9.94. The van der Waals surface area contributed by atoms with Crippen LogP contribution in [0.5, 0.6) is 0 Å². The number of aromatic amines is 1. The first kappa shape index (κ1) is 31.0. The van der Waals surface area contributed by atoms with Gasteiger partial charge in [-0.3, -0.25) is 32.4 Å². The van der Waals surface area contributed by atoms with E-state index in [1.807, 2.05) is 17.7 Å². The topological polar surface area (TPSA) is 276 Å². The summed E-state index contributed by atoms with van der Waals surface area (Å²) in [5.74, 6) is -0.511. The van der Waals surface area contributed by atoms with E-state index in [2.05, 4.69) is 24.9 Å². The van der Waals surface area contributed by atoms with Crippen LogP contribution < -0.4 is 17.0 Å². The zero-order valence-corrected chi connectivity index (χ0v) is 26.6. The highest BCUT2D eigenvalue weighted by Crippen LogP contribution is 2.73. The standard InChI is InChI=1S/C25H31N9O11P2/c1-10-15(33-4-3-11-19(26)28-8-29-20(11)33)12-5-25(12)7-42-47(38,39)44-17-16(40-2)13(6-41-46(36,37)45-18(10)25)43-23(17)34-9-30-14-21(34)31-24(27)32-22(14)35/h3-4,8-10,12-13,15-18,23H,5-7H2,1-2H3,(H,36,37)(H,38,39)(H2,26,28,29)(H3,27,31,32,35)/t10-,12+,13+,15-,16+,17+,18-,23+,25-/m0/s1. The number of fused-ring (bicyclic) bond motifs is 4. The first-order valence-corrected chi connectivity index (χ1v) is 17.6. The third-order valence-electron chi connectivity index (χ3n) is 9.72. The lowest BCUT2D eigenvalue weighted by Crippen LogP contribution is -2.37. The number of aromatic nitrogens is 7. The van der Waals surface area contributed by atoms with Crippen molar-refractivity contribution in [1.29, 1.82) is 0 Å². The Hall–Kier alpha value is -3.29. The zero-order valence-electron chi connectivity index (χ0n) is 24.9. The van der Waals surface area contributed by atoms with Gasteiger partial charge in [-0.1, -0.05) is 6.92 Å². The predicted molar refractivity (Wildman–Crippen MR) is 159 cm³/mol. The lowest BCUT2D eigenvalue weighted by Gasteiger charge is -2.31. The van der Waals surface area contributed by atoms with Crippen molar-refractivity contribution in [2.75, 3.05) is 31.8 Å². The quantitative estimate of drug-likeness (QED) is 0.186. The number of rotatable bonds is 3. The fraction of sp³-hybridized carbons (Fsp3) is 0.560. The number of H-pyrrole nitrogens is 1. The average molecular weight is 696 g/mol. The highest BCUT2D eigenvalue weighted by molar-refractivity contribution is 7.47. The maximum Gasteiger partial charge on any atom is 0.472 e. The fourth-order valence-corrected chi connectivity index (χ4v) is 9.74. The zero-order chi connectivity index (χ0) is 33.0. The summed E-state index contributed by atoms with van der Waals surface area (Å²) in [6.07, 6.45) is -1.04. The van der Waals surface area contributed by atoms with E-state index in [1.54, 1.807) is 6.07 Å². The molecule has 2 bridgehead atoms. The van der Waals surface area contributed by atoms with E-state index in [1.165, 1.54) is 24.3 Å². The first-order chi connectivity index (χ1) is 22.3. The highest BCUT2D eigenvalue weighted by Gasteiger charge is 2.73. The third kappa shape index (κ3) is 4.86. The molecule has 1 spiro atoms. The second kappa shape index (κ2) is 10.6. The van der Waals surface area contributed by atoms with E-state index < -0.39 is 69.8 Å². The molecule has 7 N–H and O–H groups in total. The van der Waals surface area contributed by atoms with Gasteiger partial charge in [-0.25, -0.2) is 24.1 Å². The molecule has 6 heterocycles. The number of nitrogen functional groups attached to an aromatic ring is 2. The Labute approximate surface area is 264 Å². The van der Waals surface area contributed by atoms with Crippen LogP contribution in [0.15, 0.2) is 29.7 Å². The molecule has 4 aliphatic rings. The van der Waals surface area contributed by atoms with Gasteiger partial charge >= 0.3 is 15.6 Å². The maximum atomic E-state index is 13.6. The maximum absolute atomic E-state index is 13.6. The summed E-state index contributed by atoms with van der Waals surface area (Å²) in [7, 11) is -8.37. The summed E-state index contributed by atoms with van der Waals surface area (Å²) >= 11 is 0. The molecule has 4 fully saturated rings. The summed E-state index contributed by atoms with van der Waals surface area (Å²) in [6, 6.07) is 1.48. The SMILES string of the molecule is CO[C@H]1[C@H]2OP(=O)(O)OC[C@@]34C[C@@H]3[C@@H](n3ccc5c(N)ncnc53)[C@H](C)[C@@H]4OP(=O)(O)OC[C@H]1O[C@H]2n1cnc2c(=O)[nH]c(N)nc21. The molecule has 2 aliphatic carbocycles. The number of nitrogens with two attached hydrogens (primary N) is 2.